The minimum absolute atomic E-state index is 0.0344. The molecule has 0 aliphatic rings. The molecule has 1 atom stereocenters. The monoisotopic (exact) mass is 190 g/mol. The highest BCUT2D eigenvalue weighted by atomic mass is 35.5. The lowest BCUT2D eigenvalue weighted by molar-refractivity contribution is -0.142. The number of halogens is 1. The van der Waals surface area contributed by atoms with Gasteiger partial charge in [0.25, 0.3) is 0 Å². The van der Waals surface area contributed by atoms with E-state index in [-0.39, 0.29) is 11.3 Å². The van der Waals surface area contributed by atoms with Gasteiger partial charge in [-0.1, -0.05) is 12.2 Å². The van der Waals surface area contributed by atoms with Gasteiger partial charge in [0.15, 0.2) is 0 Å². The number of allylic oxidation sites excluding steroid dienone is 2. The molecular formula is C9H15ClO2. The molecule has 70 valence electrons. The number of hydrogen-bond donors (Lipinski definition) is 0. The van der Waals surface area contributed by atoms with Gasteiger partial charge in [-0.25, -0.2) is 0 Å². The van der Waals surface area contributed by atoms with Gasteiger partial charge >= 0.3 is 5.97 Å². The van der Waals surface area contributed by atoms with E-state index in [9.17, 15) is 4.79 Å². The van der Waals surface area contributed by atoms with Crippen molar-refractivity contribution in [3.63, 3.8) is 0 Å². The lowest BCUT2D eigenvalue weighted by atomic mass is 10.3. The van der Waals surface area contributed by atoms with E-state index < -0.39 is 0 Å². The van der Waals surface area contributed by atoms with Crippen molar-refractivity contribution in [3.8, 4) is 0 Å². The van der Waals surface area contributed by atoms with Crippen molar-refractivity contribution in [2.24, 2.45) is 0 Å². The van der Waals surface area contributed by atoms with E-state index in [2.05, 4.69) is 0 Å². The summed E-state index contributed by atoms with van der Waals surface area (Å²) in [5.74, 6) is -0.149. The summed E-state index contributed by atoms with van der Waals surface area (Å²) >= 11 is 5.65. The third-order valence-electron chi connectivity index (χ3n) is 1.22. The number of ether oxygens (including phenoxy) is 1. The van der Waals surface area contributed by atoms with Gasteiger partial charge in [0.05, 0.1) is 6.61 Å². The number of hydrogen-bond acceptors (Lipinski definition) is 2. The Hall–Kier alpha value is -0.500. The molecular weight excluding hydrogens is 176 g/mol. The zero-order chi connectivity index (χ0) is 9.40. The lowest BCUT2D eigenvalue weighted by Crippen LogP contribution is -2.02. The normalized spacial score (nSPS) is 13.2. The molecule has 0 N–H and O–H groups in total. The first-order valence-electron chi connectivity index (χ1n) is 4.13. The molecule has 0 fully saturated rings. The molecule has 0 saturated carbocycles. The largest absolute Gasteiger partial charge is 0.466 e. The van der Waals surface area contributed by atoms with E-state index >= 15 is 0 Å². The highest BCUT2D eigenvalue weighted by Gasteiger charge is 1.97. The fraction of sp³-hybridized carbons (Fsp3) is 0.667. The van der Waals surface area contributed by atoms with Crippen LogP contribution in [0.2, 0.25) is 0 Å². The van der Waals surface area contributed by atoms with Gasteiger partial charge in [0, 0.05) is 11.8 Å². The topological polar surface area (TPSA) is 26.3 Å². The van der Waals surface area contributed by atoms with Crippen LogP contribution in [0.5, 0.6) is 0 Å². The van der Waals surface area contributed by atoms with Crippen molar-refractivity contribution in [1.29, 1.82) is 0 Å². The fourth-order valence-corrected chi connectivity index (χ4v) is 0.821. The summed E-state index contributed by atoms with van der Waals surface area (Å²) in [6.45, 7) is 4.13. The number of carbonyl (C=O) groups is 1. The Bertz CT molecular complexity index is 153. The number of alkyl halides is 1. The Morgan fingerprint density at radius 3 is 2.83 bits per heavy atom. The zero-order valence-electron chi connectivity index (χ0n) is 7.55. The summed E-state index contributed by atoms with van der Waals surface area (Å²) in [4.78, 5) is 10.8. The van der Waals surface area contributed by atoms with Gasteiger partial charge in [0.1, 0.15) is 0 Å². The Morgan fingerprint density at radius 2 is 2.33 bits per heavy atom. The molecule has 0 spiro atoms. The number of carbonyl (C=O) groups excluding carboxylic acids is 1. The van der Waals surface area contributed by atoms with Crippen molar-refractivity contribution < 1.29 is 9.53 Å². The molecule has 0 saturated heterocycles. The second-order valence-corrected chi connectivity index (χ2v) is 3.14. The molecule has 0 aromatic carbocycles. The molecule has 0 aliphatic carbocycles. The van der Waals surface area contributed by atoms with Gasteiger partial charge in [-0.15, -0.1) is 11.6 Å². The van der Waals surface area contributed by atoms with Crippen molar-refractivity contribution >= 4 is 17.6 Å². The van der Waals surface area contributed by atoms with Crippen LogP contribution in [0.4, 0.5) is 0 Å². The maximum Gasteiger partial charge on any atom is 0.306 e. The van der Waals surface area contributed by atoms with E-state index in [1.54, 1.807) is 6.92 Å². The summed E-state index contributed by atoms with van der Waals surface area (Å²) in [5.41, 5.74) is 0. The van der Waals surface area contributed by atoms with Gasteiger partial charge in [-0.2, -0.15) is 0 Å². The van der Waals surface area contributed by atoms with Gasteiger partial charge in [-0.05, 0) is 20.3 Å². The van der Waals surface area contributed by atoms with Crippen LogP contribution in [0.1, 0.15) is 26.7 Å². The van der Waals surface area contributed by atoms with Crippen LogP contribution in [0, 0.1) is 0 Å². The third kappa shape index (κ3) is 7.61. The van der Waals surface area contributed by atoms with E-state index in [0.29, 0.717) is 19.4 Å². The van der Waals surface area contributed by atoms with Crippen molar-refractivity contribution in [2.75, 3.05) is 6.61 Å². The fourth-order valence-electron chi connectivity index (χ4n) is 0.718. The van der Waals surface area contributed by atoms with Crippen molar-refractivity contribution in [2.45, 2.75) is 32.1 Å². The predicted molar refractivity (Wildman–Crippen MR) is 50.3 cm³/mol. The minimum atomic E-state index is -0.149. The molecule has 0 bridgehead atoms. The molecule has 0 radical (unpaired) electrons. The molecule has 0 amide bonds. The van der Waals surface area contributed by atoms with E-state index in [1.807, 2.05) is 19.1 Å². The maximum atomic E-state index is 10.8. The second kappa shape index (κ2) is 7.17. The maximum absolute atomic E-state index is 10.8. The number of rotatable bonds is 5. The Morgan fingerprint density at radius 1 is 1.67 bits per heavy atom. The molecule has 0 aromatic rings. The van der Waals surface area contributed by atoms with E-state index in [4.69, 9.17) is 16.3 Å². The van der Waals surface area contributed by atoms with Crippen LogP contribution in [-0.2, 0) is 9.53 Å². The van der Waals surface area contributed by atoms with Crippen LogP contribution in [-0.4, -0.2) is 18.0 Å². The average Bonchev–Trinajstić information content (AvgIpc) is 1.98. The van der Waals surface area contributed by atoms with E-state index in [0.717, 1.165) is 0 Å². The van der Waals surface area contributed by atoms with Crippen molar-refractivity contribution in [3.05, 3.63) is 12.2 Å². The van der Waals surface area contributed by atoms with Crippen LogP contribution in [0.15, 0.2) is 12.2 Å². The molecule has 3 heteroatoms. The smallest absolute Gasteiger partial charge is 0.306 e. The van der Waals surface area contributed by atoms with Gasteiger partial charge in [0.2, 0.25) is 0 Å². The molecule has 12 heavy (non-hydrogen) atoms. The first-order chi connectivity index (χ1) is 5.66. The van der Waals surface area contributed by atoms with Gasteiger partial charge in [-0.3, -0.25) is 4.79 Å². The zero-order valence-corrected chi connectivity index (χ0v) is 8.30. The summed E-state index contributed by atoms with van der Waals surface area (Å²) < 4.78 is 4.74. The summed E-state index contributed by atoms with van der Waals surface area (Å²) in [6, 6.07) is 0. The lowest BCUT2D eigenvalue weighted by Gasteiger charge is -1.98. The van der Waals surface area contributed by atoms with E-state index in [1.165, 1.54) is 0 Å². The standard InChI is InChI=1S/C9H15ClO2/c1-3-12-9(11)7-5-4-6-8(2)10/h4,6,8H,3,5,7H2,1-2H3/b6-4+. The highest BCUT2D eigenvalue weighted by molar-refractivity contribution is 6.21. The molecule has 0 aliphatic heterocycles. The molecule has 0 heterocycles. The molecule has 0 aromatic heterocycles. The van der Waals surface area contributed by atoms with Gasteiger partial charge < -0.3 is 4.74 Å². The quantitative estimate of drug-likeness (QED) is 0.378. The Kier molecular flexibility index (Phi) is 6.87. The first-order valence-corrected chi connectivity index (χ1v) is 4.56. The van der Waals surface area contributed by atoms with Crippen LogP contribution in [0.25, 0.3) is 0 Å². The van der Waals surface area contributed by atoms with Crippen LogP contribution in [0.3, 0.4) is 0 Å². The number of esters is 1. The summed E-state index contributed by atoms with van der Waals surface area (Å²) in [6.07, 6.45) is 4.90. The molecule has 2 nitrogen and oxygen atoms in total. The highest BCUT2D eigenvalue weighted by Crippen LogP contribution is 1.99. The molecule has 1 unspecified atom stereocenters. The Balaban J connectivity index is 3.36. The second-order valence-electron chi connectivity index (χ2n) is 2.45. The summed E-state index contributed by atoms with van der Waals surface area (Å²) in [5, 5.41) is 0.0344. The first kappa shape index (κ1) is 11.5. The molecule has 0 rings (SSSR count). The third-order valence-corrected chi connectivity index (χ3v) is 1.37. The average molecular weight is 191 g/mol. The minimum Gasteiger partial charge on any atom is -0.466 e. The Labute approximate surface area is 78.5 Å². The van der Waals surface area contributed by atoms with Crippen LogP contribution < -0.4 is 0 Å². The van der Waals surface area contributed by atoms with Crippen molar-refractivity contribution in [1.82, 2.24) is 0 Å². The predicted octanol–water partition coefficient (Wildman–Crippen LogP) is 2.51. The van der Waals surface area contributed by atoms with Crippen LogP contribution >= 0.6 is 11.6 Å². The SMILES string of the molecule is CCOC(=O)CC/C=C/C(C)Cl. The summed E-state index contributed by atoms with van der Waals surface area (Å²) in [7, 11) is 0.